The third-order valence-electron chi connectivity index (χ3n) is 19.2. The number of aliphatic carboxylic acids is 1. The highest BCUT2D eigenvalue weighted by molar-refractivity contribution is 5.89. The van der Waals surface area contributed by atoms with Gasteiger partial charge in [0.1, 0.15) is 42.7 Å². The molecule has 0 unspecified atom stereocenters. The van der Waals surface area contributed by atoms with E-state index in [1.165, 1.54) is 0 Å². The first-order valence-corrected chi connectivity index (χ1v) is 24.7. The van der Waals surface area contributed by atoms with Crippen molar-refractivity contribution in [2.24, 2.45) is 50.2 Å². The fourth-order valence-electron chi connectivity index (χ4n) is 14.6. The lowest BCUT2D eigenvalue weighted by molar-refractivity contribution is -0.367. The first-order valence-electron chi connectivity index (χ1n) is 24.7. The van der Waals surface area contributed by atoms with Gasteiger partial charge in [-0.1, -0.05) is 65.3 Å². The second kappa shape index (κ2) is 19.2. The minimum atomic E-state index is -1.99. The molecule has 6 fully saturated rings. The number of fused-ring (bicyclic) bond motifs is 7. The van der Waals surface area contributed by atoms with E-state index in [1.54, 1.807) is 39.8 Å². The molecule has 21 atom stereocenters. The van der Waals surface area contributed by atoms with Crippen molar-refractivity contribution in [2.45, 2.75) is 194 Å². The van der Waals surface area contributed by atoms with E-state index in [0.717, 1.165) is 5.57 Å². The van der Waals surface area contributed by atoms with Crippen LogP contribution >= 0.6 is 0 Å². The molecule has 0 bridgehead atoms. The summed E-state index contributed by atoms with van der Waals surface area (Å²) in [6.45, 7) is 18.0. The highest BCUT2D eigenvalue weighted by atomic mass is 16.8. The lowest BCUT2D eigenvalue weighted by Crippen LogP contribution is -2.72. The maximum Gasteiger partial charge on any atom is 0.335 e. The second-order valence-electron chi connectivity index (χ2n) is 23.0. The highest BCUT2D eigenvalue weighted by Crippen LogP contribution is 2.76. The molecule has 0 aromatic rings. The molecule has 2 heterocycles. The molecule has 0 amide bonds. The van der Waals surface area contributed by atoms with Gasteiger partial charge in [-0.3, -0.25) is 0 Å². The molecule has 9 N–H and O–H groups in total. The largest absolute Gasteiger partial charge is 0.479 e. The Morgan fingerprint density at radius 3 is 1.96 bits per heavy atom. The number of hydrogen-bond acceptors (Lipinski definition) is 17. The fourth-order valence-corrected chi connectivity index (χ4v) is 14.6. The van der Waals surface area contributed by atoms with E-state index in [1.807, 2.05) is 20.8 Å². The van der Waals surface area contributed by atoms with Gasteiger partial charge in [0.15, 0.2) is 24.8 Å². The number of carboxylic acids is 1. The van der Waals surface area contributed by atoms with E-state index in [2.05, 4.69) is 26.8 Å². The van der Waals surface area contributed by atoms with Crippen molar-refractivity contribution in [3.05, 3.63) is 34.9 Å². The number of carbonyl (C=O) groups is 3. The van der Waals surface area contributed by atoms with Gasteiger partial charge >= 0.3 is 17.9 Å². The molecule has 7 aliphatic rings. The molecule has 0 radical (unpaired) electrons. The number of rotatable bonds is 11. The molecule has 0 spiro atoms. The first kappa shape index (κ1) is 53.9. The molecule has 18 heteroatoms. The maximum atomic E-state index is 13.7. The quantitative estimate of drug-likeness (QED) is 0.0622. The lowest BCUT2D eigenvalue weighted by Gasteiger charge is -2.72. The van der Waals surface area contributed by atoms with Gasteiger partial charge in [0.05, 0.1) is 37.4 Å². The molecule has 5 aliphatic carbocycles. The molecular weight excluding hydrogens is 901 g/mol. The van der Waals surface area contributed by atoms with Gasteiger partial charge in [0.25, 0.3) is 0 Å². The molecule has 69 heavy (non-hydrogen) atoms. The summed E-state index contributed by atoms with van der Waals surface area (Å²) in [6, 6.07) is 0. The minimum absolute atomic E-state index is 0.000293. The fraction of sp³-hybridized carbons (Fsp3) is 0.824. The summed E-state index contributed by atoms with van der Waals surface area (Å²) in [5.41, 5.74) is -2.96. The smallest absolute Gasteiger partial charge is 0.335 e. The Labute approximate surface area is 404 Å². The number of hydrogen-bond donors (Lipinski definition) is 9. The molecule has 2 aliphatic heterocycles. The van der Waals surface area contributed by atoms with Crippen molar-refractivity contribution >= 4 is 17.9 Å². The Morgan fingerprint density at radius 1 is 0.754 bits per heavy atom. The summed E-state index contributed by atoms with van der Waals surface area (Å²) < 4.78 is 36.4. The van der Waals surface area contributed by atoms with Crippen LogP contribution in [-0.2, 0) is 42.8 Å². The van der Waals surface area contributed by atoms with Crippen LogP contribution in [-0.4, -0.2) is 163 Å². The normalized spacial score (nSPS) is 48.7. The standard InChI is InChI=1S/C51H78O18/c1-11-24(3)42(62)68-39-40(69-43(63)25(4)12-2)51(23-53)27(19-46(39,5)6)26-13-14-30-47(7)17-16-32(48(8,22-52)29(47)15-18-49(30,9)50(26,10)20-31(51)55)65-45-38(35(58)34(57)37(66-45)41(60)61)67-44-36(59)33(56)28(54)21-64-44/h11-13,27-40,44-45,52-59H,14-23H2,1-10H3,(H,60,61)/b24-11-,25-12-/t27-,28+,29-,30-,31+,32-,33-,34-,35-,36+,37-,38+,39+,40-,44-,45+,47+,48-,49-,50-,51+/m1/s1. The van der Waals surface area contributed by atoms with Crippen LogP contribution < -0.4 is 0 Å². The highest BCUT2D eigenvalue weighted by Gasteiger charge is 2.74. The van der Waals surface area contributed by atoms with Gasteiger partial charge < -0.3 is 74.4 Å². The zero-order valence-corrected chi connectivity index (χ0v) is 41.7. The average molecular weight is 979 g/mol. The predicted molar refractivity (Wildman–Crippen MR) is 244 cm³/mol. The third-order valence-corrected chi connectivity index (χ3v) is 19.2. The number of allylic oxidation sites excluding steroid dienone is 4. The molecule has 7 rings (SSSR count). The predicted octanol–water partition coefficient (Wildman–Crippen LogP) is 2.44. The van der Waals surface area contributed by atoms with Gasteiger partial charge in [-0.25, -0.2) is 14.4 Å². The van der Waals surface area contributed by atoms with E-state index in [-0.39, 0.29) is 24.9 Å². The van der Waals surface area contributed by atoms with Crippen LogP contribution in [0.1, 0.15) is 114 Å². The van der Waals surface area contributed by atoms with E-state index >= 15 is 0 Å². The van der Waals surface area contributed by atoms with Crippen LogP contribution in [0.2, 0.25) is 0 Å². The summed E-state index contributed by atoms with van der Waals surface area (Å²) in [7, 11) is 0. The van der Waals surface area contributed by atoms with E-state index in [0.29, 0.717) is 49.7 Å². The Balaban J connectivity index is 1.22. The number of carbonyl (C=O) groups excluding carboxylic acids is 2. The number of aliphatic hydroxyl groups excluding tert-OH is 8. The summed E-state index contributed by atoms with van der Waals surface area (Å²) in [5.74, 6) is -3.45. The zero-order valence-electron chi connectivity index (χ0n) is 41.7. The van der Waals surface area contributed by atoms with Crippen molar-refractivity contribution in [3.63, 3.8) is 0 Å². The van der Waals surface area contributed by atoms with Crippen molar-refractivity contribution < 1.29 is 88.8 Å². The third kappa shape index (κ3) is 8.37. The molecule has 4 saturated carbocycles. The maximum absolute atomic E-state index is 13.7. The van der Waals surface area contributed by atoms with Gasteiger partial charge in [-0.2, -0.15) is 0 Å². The number of ether oxygens (including phenoxy) is 6. The molecular formula is C51H78O18. The van der Waals surface area contributed by atoms with Crippen molar-refractivity contribution in [2.75, 3.05) is 19.8 Å². The van der Waals surface area contributed by atoms with Crippen molar-refractivity contribution in [1.29, 1.82) is 0 Å². The monoisotopic (exact) mass is 979 g/mol. The van der Waals surface area contributed by atoms with Crippen LogP contribution in [0.15, 0.2) is 34.9 Å². The Bertz CT molecular complexity index is 2050. The molecule has 18 nitrogen and oxygen atoms in total. The minimum Gasteiger partial charge on any atom is -0.479 e. The van der Waals surface area contributed by atoms with E-state index in [9.17, 15) is 60.3 Å². The summed E-state index contributed by atoms with van der Waals surface area (Å²) in [4.78, 5) is 39.5. The summed E-state index contributed by atoms with van der Waals surface area (Å²) >= 11 is 0. The van der Waals surface area contributed by atoms with Gasteiger partial charge in [0.2, 0.25) is 0 Å². The average Bonchev–Trinajstić information content (AvgIpc) is 3.29. The van der Waals surface area contributed by atoms with Crippen LogP contribution in [0, 0.1) is 50.2 Å². The zero-order chi connectivity index (χ0) is 51.1. The topological polar surface area (TPSA) is 289 Å². The molecule has 390 valence electrons. The summed E-state index contributed by atoms with van der Waals surface area (Å²) in [6.07, 6.45) is -10.9. The van der Waals surface area contributed by atoms with Crippen molar-refractivity contribution in [1.82, 2.24) is 0 Å². The number of esters is 2. The molecule has 0 aromatic heterocycles. The van der Waals surface area contributed by atoms with E-state index < -0.39 is 149 Å². The van der Waals surface area contributed by atoms with Crippen LogP contribution in [0.3, 0.4) is 0 Å². The molecule has 2 saturated heterocycles. The lowest BCUT2D eigenvalue weighted by atomic mass is 9.33. The summed E-state index contributed by atoms with van der Waals surface area (Å²) in [5, 5.41) is 99.3. The molecule has 0 aromatic carbocycles. The Morgan fingerprint density at radius 2 is 1.38 bits per heavy atom. The second-order valence-corrected chi connectivity index (χ2v) is 23.0. The number of carboxylic acid groups (broad SMARTS) is 1. The Hall–Kier alpha value is -2.85. The first-order chi connectivity index (χ1) is 32.2. The van der Waals surface area contributed by atoms with Crippen LogP contribution in [0.25, 0.3) is 0 Å². The van der Waals surface area contributed by atoms with Gasteiger partial charge in [-0.05, 0) is 107 Å². The van der Waals surface area contributed by atoms with Crippen molar-refractivity contribution in [3.8, 4) is 0 Å². The number of aliphatic hydroxyl groups is 8. The van der Waals surface area contributed by atoms with Gasteiger partial charge in [0, 0.05) is 22.0 Å². The van der Waals surface area contributed by atoms with Gasteiger partial charge in [-0.15, -0.1) is 0 Å². The van der Waals surface area contributed by atoms with E-state index in [4.69, 9.17) is 28.4 Å². The SMILES string of the molecule is C/C=C(/C)C(=O)O[C@@H]1[C@H](OC(=O)/C(C)=C\C)C(C)(C)C[C@@H]2C3=CC[C@@H]4[C@@]5(C)CC[C@@H](O[C@H]6O[C@@H](C(=O)O)[C@H](O)[C@@H](O)[C@@H]6O[C@H]6OC[C@H](O)[C@@H](O)[C@@H]6O)[C@](C)(CO)[C@@H]5CC[C@@]4(C)[C@]3(C)C[C@H](O)[C@]21CO. The van der Waals surface area contributed by atoms with Crippen LogP contribution in [0.4, 0.5) is 0 Å². The van der Waals surface area contributed by atoms with Crippen LogP contribution in [0.5, 0.6) is 0 Å². The Kier molecular flexibility index (Phi) is 15.0.